The first-order valence-corrected chi connectivity index (χ1v) is 15.7. The predicted molar refractivity (Wildman–Crippen MR) is 166 cm³/mol. The number of rotatable bonds is 15. The number of carbonyl (C=O) groups is 5. The maximum Gasteiger partial charge on any atom is 0.306 e. The molecule has 2 aromatic rings. The number of benzene rings is 1. The molecule has 0 spiro atoms. The van der Waals surface area contributed by atoms with Gasteiger partial charge in [-0.15, -0.1) is 11.3 Å². The van der Waals surface area contributed by atoms with Crippen molar-refractivity contribution in [1.29, 1.82) is 5.41 Å². The molecule has 45 heavy (non-hydrogen) atoms. The maximum atomic E-state index is 13.5. The summed E-state index contributed by atoms with van der Waals surface area (Å²) >= 11 is 1.39. The summed E-state index contributed by atoms with van der Waals surface area (Å²) in [6, 6.07) is 8.58. The molecule has 0 radical (unpaired) electrons. The van der Waals surface area contributed by atoms with Gasteiger partial charge in [-0.2, -0.15) is 0 Å². The van der Waals surface area contributed by atoms with Gasteiger partial charge in [0.15, 0.2) is 0 Å². The van der Waals surface area contributed by atoms with Crippen molar-refractivity contribution in [2.45, 2.75) is 70.1 Å². The number of fused-ring (bicyclic) bond motifs is 1. The number of nitrogens with zero attached hydrogens (tertiary/aromatic N) is 1. The van der Waals surface area contributed by atoms with E-state index in [9.17, 15) is 24.0 Å². The zero-order valence-corrected chi connectivity index (χ0v) is 26.4. The van der Waals surface area contributed by atoms with Gasteiger partial charge in [-0.25, -0.2) is 0 Å². The van der Waals surface area contributed by atoms with Crippen LogP contribution in [0.5, 0.6) is 5.75 Å². The summed E-state index contributed by atoms with van der Waals surface area (Å²) in [6.45, 7) is 3.63. The van der Waals surface area contributed by atoms with Gasteiger partial charge in [-0.05, 0) is 43.4 Å². The molecule has 14 heteroatoms. The molecule has 1 aliphatic heterocycles. The van der Waals surface area contributed by atoms with E-state index in [-0.39, 0.29) is 61.7 Å². The van der Waals surface area contributed by atoms with Gasteiger partial charge in [0.05, 0.1) is 32.7 Å². The summed E-state index contributed by atoms with van der Waals surface area (Å²) in [5.74, 6) is -1.79. The molecule has 5 atom stereocenters. The average Bonchev–Trinajstić information content (AvgIpc) is 3.33. The number of nitrogens with two attached hydrogens (primary N) is 1. The van der Waals surface area contributed by atoms with Crippen LogP contribution in [0.3, 0.4) is 0 Å². The third-order valence-electron chi connectivity index (χ3n) is 8.21. The Hall–Kier alpha value is -4.46. The fraction of sp³-hybridized carbons (Fsp3) is 0.484. The van der Waals surface area contributed by atoms with E-state index in [0.29, 0.717) is 17.7 Å². The second-order valence-corrected chi connectivity index (χ2v) is 12.6. The molecule has 4 rings (SSSR count). The van der Waals surface area contributed by atoms with Crippen LogP contribution in [-0.4, -0.2) is 78.7 Å². The summed E-state index contributed by atoms with van der Waals surface area (Å²) in [5, 5.41) is 17.6. The molecule has 1 unspecified atom stereocenters. The van der Waals surface area contributed by atoms with E-state index < -0.39 is 35.8 Å². The highest BCUT2D eigenvalue weighted by Gasteiger charge is 2.64. The minimum Gasteiger partial charge on any atom is -0.494 e. The van der Waals surface area contributed by atoms with Crippen LogP contribution >= 0.6 is 11.3 Å². The lowest BCUT2D eigenvalue weighted by molar-refractivity contribution is -0.142. The van der Waals surface area contributed by atoms with Crippen molar-refractivity contribution in [3.63, 3.8) is 0 Å². The molecule has 2 aliphatic rings. The van der Waals surface area contributed by atoms with Crippen molar-refractivity contribution < 1.29 is 33.4 Å². The van der Waals surface area contributed by atoms with Gasteiger partial charge in [0.1, 0.15) is 23.7 Å². The molecule has 13 nitrogen and oxygen atoms in total. The Bertz CT molecular complexity index is 1430. The Kier molecular flexibility index (Phi) is 10.8. The van der Waals surface area contributed by atoms with E-state index in [1.165, 1.54) is 18.4 Å². The number of hydrogen-bond donors (Lipinski definition) is 5. The highest BCUT2D eigenvalue weighted by molar-refractivity contribution is 7.10. The van der Waals surface area contributed by atoms with Crippen molar-refractivity contribution in [2.75, 3.05) is 20.3 Å². The van der Waals surface area contributed by atoms with Crippen LogP contribution in [0.25, 0.3) is 0 Å². The molecule has 1 saturated heterocycles. The largest absolute Gasteiger partial charge is 0.494 e. The maximum absolute atomic E-state index is 13.5. The van der Waals surface area contributed by atoms with E-state index in [4.69, 9.17) is 15.9 Å². The number of thiophene rings is 1. The molecule has 2 heterocycles. The van der Waals surface area contributed by atoms with Crippen molar-refractivity contribution in [3.8, 4) is 5.75 Å². The smallest absolute Gasteiger partial charge is 0.306 e. The van der Waals surface area contributed by atoms with Gasteiger partial charge in [-0.1, -0.05) is 25.1 Å². The number of likely N-dealkylation sites (tertiary alicyclic amines) is 1. The fourth-order valence-corrected chi connectivity index (χ4v) is 6.42. The number of ether oxygens (including phenoxy) is 2. The molecule has 242 valence electrons. The number of hydrogen-bond acceptors (Lipinski definition) is 9. The van der Waals surface area contributed by atoms with Crippen LogP contribution in [0.4, 0.5) is 0 Å². The van der Waals surface area contributed by atoms with Gasteiger partial charge in [0.25, 0.3) is 0 Å². The average molecular weight is 641 g/mol. The number of carbonyl (C=O) groups excluding carboxylic acids is 5. The zero-order chi connectivity index (χ0) is 32.7. The SMILES string of the molecule is COC(=O)CCC(=O)NC(CCOc1ccccc1)C(=O)NCC(=O)N1[C@H]2C[C@@]2(C)C[C@H]1C(=O)N[C@H](C)c1cc(C(=N)N)cs1. The van der Waals surface area contributed by atoms with Crippen molar-refractivity contribution >= 4 is 46.8 Å². The minimum atomic E-state index is -1.03. The van der Waals surface area contributed by atoms with E-state index in [1.54, 1.807) is 28.5 Å². The Morgan fingerprint density at radius 3 is 2.53 bits per heavy atom. The van der Waals surface area contributed by atoms with Crippen LogP contribution in [0.15, 0.2) is 41.8 Å². The second-order valence-electron chi connectivity index (χ2n) is 11.6. The molecule has 0 bridgehead atoms. The van der Waals surface area contributed by atoms with E-state index in [1.807, 2.05) is 32.0 Å². The predicted octanol–water partition coefficient (Wildman–Crippen LogP) is 1.61. The normalized spacial score (nSPS) is 21.1. The summed E-state index contributed by atoms with van der Waals surface area (Å²) in [6.07, 6.45) is 1.08. The Morgan fingerprint density at radius 1 is 1.13 bits per heavy atom. The third kappa shape index (κ3) is 8.59. The lowest BCUT2D eigenvalue weighted by Gasteiger charge is -2.28. The number of methoxy groups -OCH3 is 1. The van der Waals surface area contributed by atoms with Crippen molar-refractivity contribution in [2.24, 2.45) is 11.1 Å². The Balaban J connectivity index is 1.36. The molecule has 1 saturated carbocycles. The highest BCUT2D eigenvalue weighted by Crippen LogP contribution is 2.59. The molecule has 1 aliphatic carbocycles. The molecule has 1 aromatic carbocycles. The van der Waals surface area contributed by atoms with Crippen molar-refractivity contribution in [3.05, 3.63) is 52.2 Å². The lowest BCUT2D eigenvalue weighted by Crippen LogP contribution is -2.53. The quantitative estimate of drug-likeness (QED) is 0.110. The fourth-order valence-electron chi connectivity index (χ4n) is 5.50. The Morgan fingerprint density at radius 2 is 1.87 bits per heavy atom. The van der Waals surface area contributed by atoms with E-state index in [2.05, 4.69) is 20.7 Å². The number of nitrogen functional groups attached to an aromatic ring is 1. The Labute approximate surface area is 265 Å². The van der Waals surface area contributed by atoms with Crippen molar-refractivity contribution in [1.82, 2.24) is 20.9 Å². The van der Waals surface area contributed by atoms with E-state index >= 15 is 0 Å². The minimum absolute atomic E-state index is 0.0506. The van der Waals surface area contributed by atoms with Gasteiger partial charge >= 0.3 is 5.97 Å². The molecule has 6 N–H and O–H groups in total. The standard InChI is InChI=1S/C31H40N6O7S/c1-18(23-13-19(17-45-23)28(32)33)35-30(42)22-14-31(2)15-24(31)37(22)26(39)16-34-29(41)21(36-25(38)9-10-27(40)43-3)11-12-44-20-7-5-4-6-8-20/h4-8,13,17-18,21-22,24H,9-12,14-16H2,1-3H3,(H3,32,33)(H,34,41)(H,35,42)(H,36,38)/t18-,21?,22+,24+,31-/m1/s1. The first-order chi connectivity index (χ1) is 21.4. The van der Waals surface area contributed by atoms with Gasteiger partial charge in [0.2, 0.25) is 23.6 Å². The number of esters is 1. The summed E-state index contributed by atoms with van der Waals surface area (Å²) in [5.41, 5.74) is 5.99. The first-order valence-electron chi connectivity index (χ1n) is 14.8. The van der Waals surface area contributed by atoms with Crippen LogP contribution in [-0.2, 0) is 28.7 Å². The summed E-state index contributed by atoms with van der Waals surface area (Å²) in [4.78, 5) is 66.4. The highest BCUT2D eigenvalue weighted by atomic mass is 32.1. The zero-order valence-electron chi connectivity index (χ0n) is 25.6. The third-order valence-corrected chi connectivity index (χ3v) is 9.33. The number of nitrogens with one attached hydrogen (secondary N) is 4. The monoisotopic (exact) mass is 640 g/mol. The van der Waals surface area contributed by atoms with Crippen LogP contribution in [0, 0.1) is 10.8 Å². The summed E-state index contributed by atoms with van der Waals surface area (Å²) < 4.78 is 10.3. The summed E-state index contributed by atoms with van der Waals surface area (Å²) in [7, 11) is 1.22. The molecule has 1 aromatic heterocycles. The van der Waals surface area contributed by atoms with Gasteiger partial charge in [0, 0.05) is 34.7 Å². The molecule has 4 amide bonds. The van der Waals surface area contributed by atoms with Crippen LogP contribution in [0.1, 0.15) is 62.4 Å². The van der Waals surface area contributed by atoms with Crippen LogP contribution < -0.4 is 26.4 Å². The lowest BCUT2D eigenvalue weighted by atomic mass is 10.0. The number of para-hydroxylation sites is 1. The number of amidine groups is 1. The molecule has 2 fully saturated rings. The second kappa shape index (κ2) is 14.5. The first kappa shape index (κ1) is 33.4. The van der Waals surface area contributed by atoms with Crippen LogP contribution in [0.2, 0.25) is 0 Å². The molecular formula is C31H40N6O7S. The van der Waals surface area contributed by atoms with E-state index in [0.717, 1.165) is 11.3 Å². The number of piperidine rings is 1. The number of amides is 4. The molecular weight excluding hydrogens is 600 g/mol. The van der Waals surface area contributed by atoms with Gasteiger partial charge in [-0.3, -0.25) is 29.4 Å². The van der Waals surface area contributed by atoms with Gasteiger partial charge < -0.3 is 36.1 Å². The topological polar surface area (TPSA) is 193 Å².